The normalized spacial score (nSPS) is 14.5. The van der Waals surface area contributed by atoms with Gasteiger partial charge in [0.25, 0.3) is 0 Å². The Kier molecular flexibility index (Phi) is 3.16. The van der Waals surface area contributed by atoms with E-state index in [1.807, 2.05) is 25.1 Å². The van der Waals surface area contributed by atoms with Gasteiger partial charge in [0.2, 0.25) is 6.79 Å². The van der Waals surface area contributed by atoms with Gasteiger partial charge in [-0.15, -0.1) is 0 Å². The molecule has 7 heteroatoms. The lowest BCUT2D eigenvalue weighted by Crippen LogP contribution is -2.08. The van der Waals surface area contributed by atoms with Gasteiger partial charge in [0.1, 0.15) is 0 Å². The Labute approximate surface area is 129 Å². The van der Waals surface area contributed by atoms with Crippen LogP contribution in [0.25, 0.3) is 11.0 Å². The predicted octanol–water partition coefficient (Wildman–Crippen LogP) is 2.30. The van der Waals surface area contributed by atoms with Gasteiger partial charge in [-0.2, -0.15) is 4.98 Å². The summed E-state index contributed by atoms with van der Waals surface area (Å²) in [7, 11) is 0. The van der Waals surface area contributed by atoms with Crippen LogP contribution in [0.15, 0.2) is 35.6 Å². The minimum atomic E-state index is -1.28. The summed E-state index contributed by atoms with van der Waals surface area (Å²) in [5, 5.41) is 0.432. The van der Waals surface area contributed by atoms with E-state index >= 15 is 0 Å². The molecule has 4 rings (SSSR count). The molecule has 1 N–H and O–H groups in total. The second kappa shape index (κ2) is 5.19. The highest BCUT2D eigenvalue weighted by Gasteiger charge is 2.21. The van der Waals surface area contributed by atoms with E-state index < -0.39 is 11.2 Å². The Morgan fingerprint density at radius 1 is 1.27 bits per heavy atom. The van der Waals surface area contributed by atoms with Gasteiger partial charge in [-0.3, -0.25) is 9.97 Å². The number of ether oxygens (including phenoxy) is 2. The average molecular weight is 315 g/mol. The average Bonchev–Trinajstić information content (AvgIpc) is 3.12. The van der Waals surface area contributed by atoms with Crippen molar-refractivity contribution in [2.45, 2.75) is 17.8 Å². The molecule has 112 valence electrons. The van der Waals surface area contributed by atoms with E-state index in [-0.39, 0.29) is 6.79 Å². The smallest absolute Gasteiger partial charge is 0.322 e. The summed E-state index contributed by atoms with van der Waals surface area (Å²) in [5.41, 5.74) is 3.35. The zero-order chi connectivity index (χ0) is 15.1. The first-order valence-electron chi connectivity index (χ1n) is 6.78. The fourth-order valence-electron chi connectivity index (χ4n) is 2.27. The standard InChI is InChI=1S/C15H13N3O3S/c1-9-2-3-10(16-6-9)7-22(19)15-17-11-4-13-14(21-8-20-13)5-12(11)18-15/h2-6H,7-8H2,1H3,(H,17,18). The van der Waals surface area contributed by atoms with Crippen molar-refractivity contribution in [2.24, 2.45) is 0 Å². The summed E-state index contributed by atoms with van der Waals surface area (Å²) >= 11 is -1.28. The second-order valence-electron chi connectivity index (χ2n) is 5.08. The number of benzene rings is 1. The Morgan fingerprint density at radius 2 is 2.09 bits per heavy atom. The van der Waals surface area contributed by atoms with E-state index in [4.69, 9.17) is 9.47 Å². The largest absolute Gasteiger partial charge is 0.609 e. The Balaban J connectivity index is 1.61. The molecule has 0 saturated heterocycles. The maximum Gasteiger partial charge on any atom is 0.322 e. The van der Waals surface area contributed by atoms with Crippen molar-refractivity contribution in [1.29, 1.82) is 0 Å². The molecule has 1 aliphatic heterocycles. The molecule has 0 radical (unpaired) electrons. The van der Waals surface area contributed by atoms with E-state index in [9.17, 15) is 4.55 Å². The Bertz CT molecular complexity index is 791. The van der Waals surface area contributed by atoms with E-state index in [1.54, 1.807) is 12.3 Å². The highest BCUT2D eigenvalue weighted by Crippen LogP contribution is 2.35. The van der Waals surface area contributed by atoms with Crippen molar-refractivity contribution in [3.63, 3.8) is 0 Å². The van der Waals surface area contributed by atoms with Crippen LogP contribution in [0.4, 0.5) is 0 Å². The molecule has 2 aromatic heterocycles. The SMILES string of the molecule is Cc1ccc(C[S+]([O-])c2nc3cc4c(cc3[nH]2)OCO4)nc1. The fraction of sp³-hybridized carbons (Fsp3) is 0.200. The fourth-order valence-corrected chi connectivity index (χ4v) is 3.27. The van der Waals surface area contributed by atoms with Crippen LogP contribution >= 0.6 is 0 Å². The summed E-state index contributed by atoms with van der Waals surface area (Å²) in [4.78, 5) is 11.7. The summed E-state index contributed by atoms with van der Waals surface area (Å²) in [6.07, 6.45) is 1.77. The highest BCUT2D eigenvalue weighted by molar-refractivity contribution is 7.90. The number of nitrogens with one attached hydrogen (secondary N) is 1. The van der Waals surface area contributed by atoms with Crippen molar-refractivity contribution in [3.8, 4) is 11.5 Å². The summed E-state index contributed by atoms with van der Waals surface area (Å²) < 4.78 is 23.1. The molecule has 3 aromatic rings. The second-order valence-corrected chi connectivity index (χ2v) is 6.45. The third kappa shape index (κ3) is 2.38. The van der Waals surface area contributed by atoms with Crippen molar-refractivity contribution in [1.82, 2.24) is 15.0 Å². The molecule has 0 saturated carbocycles. The molecule has 0 aliphatic carbocycles. The van der Waals surface area contributed by atoms with Crippen LogP contribution in [0.2, 0.25) is 0 Å². The quantitative estimate of drug-likeness (QED) is 0.750. The number of aromatic nitrogens is 3. The number of fused-ring (bicyclic) bond motifs is 2. The first-order valence-corrected chi connectivity index (χ1v) is 8.10. The molecular formula is C15H13N3O3S. The monoisotopic (exact) mass is 315 g/mol. The molecule has 6 nitrogen and oxygen atoms in total. The van der Waals surface area contributed by atoms with Crippen molar-refractivity contribution in [3.05, 3.63) is 41.7 Å². The van der Waals surface area contributed by atoms with E-state index in [1.165, 1.54) is 0 Å². The van der Waals surface area contributed by atoms with Crippen molar-refractivity contribution in [2.75, 3.05) is 6.79 Å². The number of aromatic amines is 1. The van der Waals surface area contributed by atoms with Gasteiger partial charge in [0.15, 0.2) is 17.3 Å². The minimum absolute atomic E-state index is 0.222. The topological polar surface area (TPSA) is 83.1 Å². The molecule has 1 aromatic carbocycles. The third-order valence-corrected chi connectivity index (χ3v) is 4.60. The third-order valence-electron chi connectivity index (χ3n) is 3.42. The molecule has 3 heterocycles. The van der Waals surface area contributed by atoms with Gasteiger partial charge in [0, 0.05) is 29.5 Å². The number of hydrogen-bond acceptors (Lipinski definition) is 5. The molecule has 1 aliphatic rings. The lowest BCUT2D eigenvalue weighted by molar-refractivity contribution is 0.174. The predicted molar refractivity (Wildman–Crippen MR) is 81.3 cm³/mol. The number of nitrogens with zero attached hydrogens (tertiary/aromatic N) is 2. The van der Waals surface area contributed by atoms with Crippen LogP contribution in [0.3, 0.4) is 0 Å². The number of H-pyrrole nitrogens is 1. The van der Waals surface area contributed by atoms with Crippen molar-refractivity contribution >= 4 is 22.2 Å². The first kappa shape index (κ1) is 13.4. The first-order chi connectivity index (χ1) is 10.7. The van der Waals surface area contributed by atoms with Gasteiger partial charge < -0.3 is 14.0 Å². The maximum absolute atomic E-state index is 12.4. The van der Waals surface area contributed by atoms with Crippen LogP contribution < -0.4 is 9.47 Å². The van der Waals surface area contributed by atoms with Gasteiger partial charge in [-0.25, -0.2) is 0 Å². The van der Waals surface area contributed by atoms with Crippen LogP contribution in [-0.4, -0.2) is 26.3 Å². The lowest BCUT2D eigenvalue weighted by atomic mass is 10.3. The zero-order valence-corrected chi connectivity index (χ0v) is 12.6. The van der Waals surface area contributed by atoms with E-state index in [2.05, 4.69) is 15.0 Å². The molecule has 0 spiro atoms. The molecule has 0 amide bonds. The van der Waals surface area contributed by atoms with Crippen LogP contribution in [0.5, 0.6) is 11.5 Å². The number of hydrogen-bond donors (Lipinski definition) is 1. The molecule has 1 atom stereocenters. The van der Waals surface area contributed by atoms with Crippen LogP contribution in [0, 0.1) is 6.92 Å². The van der Waals surface area contributed by atoms with Gasteiger partial charge in [-0.05, 0) is 18.6 Å². The molecule has 0 fully saturated rings. The highest BCUT2D eigenvalue weighted by atomic mass is 32.2. The number of imidazole rings is 1. The number of rotatable bonds is 3. The summed E-state index contributed by atoms with van der Waals surface area (Å²) in [5.74, 6) is 1.66. The molecule has 0 bridgehead atoms. The Morgan fingerprint density at radius 3 is 2.86 bits per heavy atom. The Hall–Kier alpha value is -2.25. The summed E-state index contributed by atoms with van der Waals surface area (Å²) in [6, 6.07) is 7.44. The van der Waals surface area contributed by atoms with Crippen LogP contribution in [0.1, 0.15) is 11.3 Å². The van der Waals surface area contributed by atoms with Gasteiger partial charge in [0.05, 0.1) is 16.7 Å². The zero-order valence-electron chi connectivity index (χ0n) is 11.8. The summed E-state index contributed by atoms with van der Waals surface area (Å²) in [6.45, 7) is 2.19. The number of aryl methyl sites for hydroxylation is 1. The molecular weight excluding hydrogens is 302 g/mol. The van der Waals surface area contributed by atoms with Crippen LogP contribution in [-0.2, 0) is 16.9 Å². The van der Waals surface area contributed by atoms with E-state index in [0.29, 0.717) is 27.9 Å². The minimum Gasteiger partial charge on any atom is -0.609 e. The maximum atomic E-state index is 12.4. The lowest BCUT2D eigenvalue weighted by Gasteiger charge is -2.06. The van der Waals surface area contributed by atoms with Gasteiger partial charge in [-0.1, -0.05) is 6.07 Å². The van der Waals surface area contributed by atoms with E-state index in [0.717, 1.165) is 16.8 Å². The van der Waals surface area contributed by atoms with Crippen molar-refractivity contribution < 1.29 is 14.0 Å². The number of pyridine rings is 1. The molecule has 1 unspecified atom stereocenters. The van der Waals surface area contributed by atoms with Gasteiger partial charge >= 0.3 is 5.16 Å². The molecule has 22 heavy (non-hydrogen) atoms.